The first-order valence-corrected chi connectivity index (χ1v) is 13.0. The molecular formula is C29H29Cl2N3O2. The van der Waals surface area contributed by atoms with Crippen LogP contribution in [0.2, 0.25) is 10.0 Å². The van der Waals surface area contributed by atoms with Gasteiger partial charge in [0.25, 0.3) is 11.5 Å². The average Bonchev–Trinajstić information content (AvgIpc) is 2.88. The van der Waals surface area contributed by atoms with Gasteiger partial charge in [0, 0.05) is 11.6 Å². The van der Waals surface area contributed by atoms with E-state index in [1.165, 1.54) is 0 Å². The third-order valence-corrected chi connectivity index (χ3v) is 6.98. The summed E-state index contributed by atoms with van der Waals surface area (Å²) < 4.78 is 1.67. The van der Waals surface area contributed by atoms with Gasteiger partial charge in [-0.1, -0.05) is 73.8 Å². The quantitative estimate of drug-likeness (QED) is 0.245. The molecule has 0 saturated carbocycles. The summed E-state index contributed by atoms with van der Waals surface area (Å²) in [6.07, 6.45) is 2.45. The minimum absolute atomic E-state index is 0.157. The first kappa shape index (κ1) is 25.9. The summed E-state index contributed by atoms with van der Waals surface area (Å²) in [5, 5.41) is 1.29. The smallest absolute Gasteiger partial charge is 0.266 e. The standard InChI is InChI=1S/C29H29Cl2N3O2/c1-4-6-17-33(28(35)22-16-15-21(30)18-24(22)31)19(3)27-32-25-13-9-8-12-23(25)29(36)34(27)26-14-10-7-11-20(26)5-2/h7-16,18-19H,4-6,17H2,1-3H3. The Morgan fingerprint density at radius 3 is 2.47 bits per heavy atom. The van der Waals surface area contributed by atoms with E-state index in [1.807, 2.05) is 49.4 Å². The molecule has 0 N–H and O–H groups in total. The molecule has 1 unspecified atom stereocenters. The fourth-order valence-electron chi connectivity index (χ4n) is 4.45. The van der Waals surface area contributed by atoms with Crippen molar-refractivity contribution < 1.29 is 4.79 Å². The van der Waals surface area contributed by atoms with Crippen LogP contribution < -0.4 is 5.56 Å². The summed E-state index contributed by atoms with van der Waals surface area (Å²) in [4.78, 5) is 34.4. The zero-order valence-electron chi connectivity index (χ0n) is 20.7. The van der Waals surface area contributed by atoms with E-state index in [-0.39, 0.29) is 11.5 Å². The number of carbonyl (C=O) groups is 1. The number of aromatic nitrogens is 2. The van der Waals surface area contributed by atoms with Gasteiger partial charge in [0.05, 0.1) is 33.2 Å². The van der Waals surface area contributed by atoms with Gasteiger partial charge in [-0.15, -0.1) is 0 Å². The molecule has 1 amide bonds. The zero-order chi connectivity index (χ0) is 25.8. The number of benzene rings is 3. The molecule has 0 spiro atoms. The van der Waals surface area contributed by atoms with E-state index in [2.05, 4.69) is 13.8 Å². The number of carbonyl (C=O) groups excluding carboxylic acids is 1. The van der Waals surface area contributed by atoms with Crippen LogP contribution in [-0.2, 0) is 6.42 Å². The van der Waals surface area contributed by atoms with Crippen molar-refractivity contribution in [2.75, 3.05) is 6.54 Å². The molecule has 0 saturated heterocycles. The van der Waals surface area contributed by atoms with Crippen molar-refractivity contribution in [2.24, 2.45) is 0 Å². The lowest BCUT2D eigenvalue weighted by molar-refractivity contribution is 0.0678. The van der Waals surface area contributed by atoms with Crippen LogP contribution in [0.3, 0.4) is 0 Å². The van der Waals surface area contributed by atoms with Crippen molar-refractivity contribution >= 4 is 40.0 Å². The van der Waals surface area contributed by atoms with Gasteiger partial charge in [-0.05, 0) is 61.7 Å². The highest BCUT2D eigenvalue weighted by molar-refractivity contribution is 6.36. The van der Waals surface area contributed by atoms with Crippen molar-refractivity contribution in [2.45, 2.75) is 46.1 Å². The number of fused-ring (bicyclic) bond motifs is 1. The van der Waals surface area contributed by atoms with Crippen LogP contribution in [0.4, 0.5) is 0 Å². The second kappa shape index (κ2) is 11.3. The van der Waals surface area contributed by atoms with Gasteiger partial charge in [-0.25, -0.2) is 4.98 Å². The summed E-state index contributed by atoms with van der Waals surface area (Å²) in [5.74, 6) is 0.282. The molecule has 0 aliphatic rings. The van der Waals surface area contributed by atoms with Crippen LogP contribution in [0.5, 0.6) is 0 Å². The number of aryl methyl sites for hydroxylation is 1. The molecule has 7 heteroatoms. The topological polar surface area (TPSA) is 55.2 Å². The number of rotatable bonds is 8. The molecule has 4 rings (SSSR count). The van der Waals surface area contributed by atoms with Crippen molar-refractivity contribution in [3.8, 4) is 5.69 Å². The van der Waals surface area contributed by atoms with Crippen molar-refractivity contribution in [3.05, 3.63) is 104 Å². The Kier molecular flexibility index (Phi) is 8.12. The minimum atomic E-state index is -0.502. The van der Waals surface area contributed by atoms with Crippen LogP contribution in [0.15, 0.2) is 71.5 Å². The molecule has 36 heavy (non-hydrogen) atoms. The monoisotopic (exact) mass is 521 g/mol. The highest BCUT2D eigenvalue weighted by Gasteiger charge is 2.29. The van der Waals surface area contributed by atoms with E-state index in [0.717, 1.165) is 30.5 Å². The SMILES string of the molecule is CCCCN(C(=O)c1ccc(Cl)cc1Cl)C(C)c1nc2ccccc2c(=O)n1-c1ccccc1CC. The van der Waals surface area contributed by atoms with E-state index in [4.69, 9.17) is 28.2 Å². The minimum Gasteiger partial charge on any atom is -0.329 e. The van der Waals surface area contributed by atoms with Crippen LogP contribution in [0.25, 0.3) is 16.6 Å². The Bertz CT molecular complexity index is 1460. The van der Waals surface area contributed by atoms with Gasteiger partial charge < -0.3 is 4.90 Å². The normalized spacial score (nSPS) is 12.0. The predicted molar refractivity (Wildman–Crippen MR) is 148 cm³/mol. The maximum atomic E-state index is 13.9. The maximum Gasteiger partial charge on any atom is 0.266 e. The first-order chi connectivity index (χ1) is 17.4. The molecule has 1 atom stereocenters. The predicted octanol–water partition coefficient (Wildman–Crippen LogP) is 7.26. The molecule has 0 radical (unpaired) electrons. The number of para-hydroxylation sites is 2. The zero-order valence-corrected chi connectivity index (χ0v) is 22.2. The van der Waals surface area contributed by atoms with E-state index in [1.54, 1.807) is 33.7 Å². The molecule has 0 aliphatic heterocycles. The van der Waals surface area contributed by atoms with E-state index in [9.17, 15) is 9.59 Å². The Morgan fingerprint density at radius 1 is 1.03 bits per heavy atom. The second-order valence-corrected chi connectivity index (χ2v) is 9.61. The fourth-order valence-corrected chi connectivity index (χ4v) is 4.94. The molecule has 0 aliphatic carbocycles. The number of halogens is 2. The van der Waals surface area contributed by atoms with Crippen LogP contribution in [-0.4, -0.2) is 26.9 Å². The average molecular weight is 522 g/mol. The summed E-state index contributed by atoms with van der Waals surface area (Å²) in [7, 11) is 0. The number of nitrogens with zero attached hydrogens (tertiary/aromatic N) is 3. The van der Waals surface area contributed by atoms with Gasteiger partial charge in [0.15, 0.2) is 0 Å². The maximum absolute atomic E-state index is 13.9. The van der Waals surface area contributed by atoms with E-state index in [0.29, 0.717) is 38.9 Å². The number of hydrogen-bond donors (Lipinski definition) is 0. The number of unbranched alkanes of at least 4 members (excludes halogenated alkanes) is 1. The van der Waals surface area contributed by atoms with Crippen molar-refractivity contribution in [3.63, 3.8) is 0 Å². The first-order valence-electron chi connectivity index (χ1n) is 12.2. The van der Waals surface area contributed by atoms with Crippen molar-refractivity contribution in [1.29, 1.82) is 0 Å². The van der Waals surface area contributed by atoms with Gasteiger partial charge in [-0.2, -0.15) is 0 Å². The highest BCUT2D eigenvalue weighted by Crippen LogP contribution is 2.29. The number of amides is 1. The molecular weight excluding hydrogens is 493 g/mol. The van der Waals surface area contributed by atoms with Crippen LogP contribution >= 0.6 is 23.2 Å². The Morgan fingerprint density at radius 2 is 1.75 bits per heavy atom. The Balaban J connectivity index is 1.94. The molecule has 0 bridgehead atoms. The van der Waals surface area contributed by atoms with Crippen molar-refractivity contribution in [1.82, 2.24) is 14.5 Å². The van der Waals surface area contributed by atoms with Gasteiger partial charge in [0.2, 0.25) is 0 Å². The lowest BCUT2D eigenvalue weighted by Crippen LogP contribution is -2.38. The molecule has 3 aromatic carbocycles. The van der Waals surface area contributed by atoms with E-state index < -0.39 is 6.04 Å². The van der Waals surface area contributed by atoms with Gasteiger partial charge >= 0.3 is 0 Å². The summed E-state index contributed by atoms with van der Waals surface area (Å²) in [6, 6.07) is 19.5. The lowest BCUT2D eigenvalue weighted by atomic mass is 10.1. The summed E-state index contributed by atoms with van der Waals surface area (Å²) >= 11 is 12.5. The lowest BCUT2D eigenvalue weighted by Gasteiger charge is -2.31. The van der Waals surface area contributed by atoms with E-state index >= 15 is 0 Å². The molecule has 186 valence electrons. The second-order valence-electron chi connectivity index (χ2n) is 8.76. The molecule has 4 aromatic rings. The third-order valence-electron chi connectivity index (χ3n) is 6.43. The van der Waals surface area contributed by atoms with Gasteiger partial charge in [0.1, 0.15) is 5.82 Å². The molecule has 0 fully saturated rings. The third kappa shape index (κ3) is 5.04. The molecule has 1 aromatic heterocycles. The highest BCUT2D eigenvalue weighted by atomic mass is 35.5. The van der Waals surface area contributed by atoms with Crippen LogP contribution in [0, 0.1) is 0 Å². The van der Waals surface area contributed by atoms with Gasteiger partial charge in [-0.3, -0.25) is 14.2 Å². The molecule has 1 heterocycles. The largest absolute Gasteiger partial charge is 0.329 e. The summed E-state index contributed by atoms with van der Waals surface area (Å²) in [6.45, 7) is 6.54. The Hall–Kier alpha value is -3.15. The van der Waals surface area contributed by atoms with Crippen LogP contribution in [0.1, 0.15) is 61.4 Å². The fraction of sp³-hybridized carbons (Fsp3) is 0.276. The Labute approximate surface area is 221 Å². The molecule has 5 nitrogen and oxygen atoms in total. The summed E-state index contributed by atoms with van der Waals surface area (Å²) in [5.41, 5.74) is 2.61. The number of hydrogen-bond acceptors (Lipinski definition) is 3.